The van der Waals surface area contributed by atoms with Gasteiger partial charge in [0, 0.05) is 12.0 Å². The third kappa shape index (κ3) is 5.74. The number of rotatable bonds is 7. The van der Waals surface area contributed by atoms with Gasteiger partial charge in [0.05, 0.1) is 19.2 Å². The first kappa shape index (κ1) is 17.0. The van der Waals surface area contributed by atoms with Crippen molar-refractivity contribution in [3.05, 3.63) is 57.8 Å². The zero-order valence-corrected chi connectivity index (χ0v) is 13.7. The smallest absolute Gasteiger partial charge is 0.315 e. The molecule has 2 N–H and O–H groups in total. The third-order valence-corrected chi connectivity index (χ3v) is 4.21. The SMILES string of the molecule is COCC(Cc1ccccc1)NC(=O)NCc1ccc(C#N)s1. The molecule has 23 heavy (non-hydrogen) atoms. The molecule has 0 spiro atoms. The minimum Gasteiger partial charge on any atom is -0.383 e. The maximum absolute atomic E-state index is 12.0. The maximum Gasteiger partial charge on any atom is 0.315 e. The zero-order valence-electron chi connectivity index (χ0n) is 12.9. The van der Waals surface area contributed by atoms with Gasteiger partial charge < -0.3 is 15.4 Å². The highest BCUT2D eigenvalue weighted by molar-refractivity contribution is 7.12. The van der Waals surface area contributed by atoms with Crippen LogP contribution in [0.15, 0.2) is 42.5 Å². The van der Waals surface area contributed by atoms with Gasteiger partial charge in [-0.15, -0.1) is 11.3 Å². The molecule has 1 heterocycles. The first-order valence-corrected chi connectivity index (χ1v) is 8.09. The largest absolute Gasteiger partial charge is 0.383 e. The summed E-state index contributed by atoms with van der Waals surface area (Å²) in [4.78, 5) is 13.6. The van der Waals surface area contributed by atoms with Crippen LogP contribution in [0, 0.1) is 11.3 Å². The number of nitrogens with zero attached hydrogens (tertiary/aromatic N) is 1. The number of ether oxygens (including phenoxy) is 1. The predicted octanol–water partition coefficient (Wildman–Crippen LogP) is 2.68. The lowest BCUT2D eigenvalue weighted by Crippen LogP contribution is -2.44. The summed E-state index contributed by atoms with van der Waals surface area (Å²) in [7, 11) is 1.62. The van der Waals surface area contributed by atoms with Crippen LogP contribution in [0.5, 0.6) is 0 Å². The van der Waals surface area contributed by atoms with E-state index in [4.69, 9.17) is 10.00 Å². The summed E-state index contributed by atoms with van der Waals surface area (Å²) in [5.41, 5.74) is 1.15. The van der Waals surface area contributed by atoms with Gasteiger partial charge >= 0.3 is 6.03 Å². The Hall–Kier alpha value is -2.36. The lowest BCUT2D eigenvalue weighted by Gasteiger charge is -2.18. The van der Waals surface area contributed by atoms with Crippen LogP contribution in [0.3, 0.4) is 0 Å². The average Bonchev–Trinajstić information content (AvgIpc) is 3.02. The number of hydrogen-bond acceptors (Lipinski definition) is 4. The van der Waals surface area contributed by atoms with Crippen LogP contribution in [-0.4, -0.2) is 25.8 Å². The number of nitriles is 1. The Bertz CT molecular complexity index is 664. The highest BCUT2D eigenvalue weighted by Crippen LogP contribution is 2.14. The normalized spacial score (nSPS) is 11.5. The van der Waals surface area contributed by atoms with Crippen molar-refractivity contribution in [1.29, 1.82) is 5.26 Å². The van der Waals surface area contributed by atoms with Crippen molar-refractivity contribution in [2.75, 3.05) is 13.7 Å². The molecule has 2 aromatic rings. The Kier molecular flexibility index (Phi) is 6.60. The van der Waals surface area contributed by atoms with E-state index < -0.39 is 0 Å². The highest BCUT2D eigenvalue weighted by atomic mass is 32.1. The highest BCUT2D eigenvalue weighted by Gasteiger charge is 2.13. The molecule has 0 fully saturated rings. The topological polar surface area (TPSA) is 74.2 Å². The van der Waals surface area contributed by atoms with Crippen molar-refractivity contribution in [3.8, 4) is 6.07 Å². The van der Waals surface area contributed by atoms with E-state index in [1.165, 1.54) is 11.3 Å². The number of thiophene rings is 1. The molecule has 0 saturated heterocycles. The molecule has 2 amide bonds. The number of methoxy groups -OCH3 is 1. The summed E-state index contributed by atoms with van der Waals surface area (Å²) in [6, 6.07) is 15.3. The van der Waals surface area contributed by atoms with Gasteiger partial charge in [-0.3, -0.25) is 0 Å². The first-order valence-electron chi connectivity index (χ1n) is 7.27. The van der Waals surface area contributed by atoms with Crippen LogP contribution in [-0.2, 0) is 17.7 Å². The molecule has 0 aliphatic heterocycles. The van der Waals surface area contributed by atoms with Gasteiger partial charge in [-0.25, -0.2) is 4.79 Å². The predicted molar refractivity (Wildman–Crippen MR) is 90.2 cm³/mol. The summed E-state index contributed by atoms with van der Waals surface area (Å²) in [5, 5.41) is 14.5. The number of amides is 2. The summed E-state index contributed by atoms with van der Waals surface area (Å²) >= 11 is 1.38. The fraction of sp³-hybridized carbons (Fsp3) is 0.294. The van der Waals surface area contributed by atoms with Crippen LogP contribution in [0.1, 0.15) is 15.3 Å². The van der Waals surface area contributed by atoms with E-state index in [1.807, 2.05) is 36.4 Å². The first-order chi connectivity index (χ1) is 11.2. The molecule has 1 aromatic heterocycles. The molecule has 2 rings (SSSR count). The molecule has 5 nitrogen and oxygen atoms in total. The van der Waals surface area contributed by atoms with Crippen molar-refractivity contribution in [3.63, 3.8) is 0 Å². The van der Waals surface area contributed by atoms with Gasteiger partial charge in [0.1, 0.15) is 10.9 Å². The van der Waals surface area contributed by atoms with Crippen LogP contribution in [0.25, 0.3) is 0 Å². The van der Waals surface area contributed by atoms with Gasteiger partial charge in [0.15, 0.2) is 0 Å². The van der Waals surface area contributed by atoms with E-state index in [1.54, 1.807) is 13.2 Å². The second-order valence-electron chi connectivity index (χ2n) is 5.05. The Morgan fingerprint density at radius 3 is 2.74 bits per heavy atom. The molecule has 1 atom stereocenters. The minimum absolute atomic E-state index is 0.0968. The van der Waals surface area contributed by atoms with E-state index in [2.05, 4.69) is 16.7 Å². The van der Waals surface area contributed by atoms with Gasteiger partial charge in [0.2, 0.25) is 0 Å². The molecule has 0 saturated carbocycles. The minimum atomic E-state index is -0.241. The molecular formula is C17H19N3O2S. The summed E-state index contributed by atoms with van der Waals surface area (Å²) < 4.78 is 5.18. The fourth-order valence-corrected chi connectivity index (χ4v) is 2.93. The quantitative estimate of drug-likeness (QED) is 0.820. The average molecular weight is 329 g/mol. The van der Waals surface area contributed by atoms with Crippen LogP contribution >= 0.6 is 11.3 Å². The van der Waals surface area contributed by atoms with E-state index in [0.717, 1.165) is 10.4 Å². The van der Waals surface area contributed by atoms with E-state index in [0.29, 0.717) is 24.4 Å². The van der Waals surface area contributed by atoms with Crippen molar-refractivity contribution in [1.82, 2.24) is 10.6 Å². The Balaban J connectivity index is 1.84. The van der Waals surface area contributed by atoms with Crippen LogP contribution < -0.4 is 10.6 Å². The van der Waals surface area contributed by atoms with Crippen molar-refractivity contribution in [2.24, 2.45) is 0 Å². The Labute approximate surface area is 139 Å². The molecule has 1 unspecified atom stereocenters. The molecule has 0 bridgehead atoms. The molecule has 6 heteroatoms. The second kappa shape index (κ2) is 8.93. The zero-order chi connectivity index (χ0) is 16.5. The van der Waals surface area contributed by atoms with E-state index in [9.17, 15) is 4.79 Å². The maximum atomic E-state index is 12.0. The summed E-state index contributed by atoms with van der Waals surface area (Å²) in [5.74, 6) is 0. The fourth-order valence-electron chi connectivity index (χ4n) is 2.19. The van der Waals surface area contributed by atoms with E-state index >= 15 is 0 Å². The van der Waals surface area contributed by atoms with Crippen molar-refractivity contribution < 1.29 is 9.53 Å². The molecule has 0 aliphatic carbocycles. The van der Waals surface area contributed by atoms with E-state index in [-0.39, 0.29) is 12.1 Å². The molecule has 0 aliphatic rings. The number of nitrogens with one attached hydrogen (secondary N) is 2. The second-order valence-corrected chi connectivity index (χ2v) is 6.22. The number of carbonyl (C=O) groups is 1. The van der Waals surface area contributed by atoms with Gasteiger partial charge in [-0.2, -0.15) is 5.26 Å². The van der Waals surface area contributed by atoms with Gasteiger partial charge in [-0.1, -0.05) is 30.3 Å². The van der Waals surface area contributed by atoms with Gasteiger partial charge in [-0.05, 0) is 24.1 Å². The standard InChI is InChI=1S/C17H19N3O2S/c1-22-12-14(9-13-5-3-2-4-6-13)20-17(21)19-11-16-8-7-15(10-18)23-16/h2-8,14H,9,11-12H2,1H3,(H2,19,20,21). The monoisotopic (exact) mass is 329 g/mol. The molecule has 0 radical (unpaired) electrons. The van der Waals surface area contributed by atoms with Crippen LogP contribution in [0.2, 0.25) is 0 Å². The molecule has 120 valence electrons. The number of hydrogen-bond donors (Lipinski definition) is 2. The van der Waals surface area contributed by atoms with Crippen molar-refractivity contribution >= 4 is 17.4 Å². The van der Waals surface area contributed by atoms with Crippen LogP contribution in [0.4, 0.5) is 4.79 Å². The molecular weight excluding hydrogens is 310 g/mol. The summed E-state index contributed by atoms with van der Waals surface area (Å²) in [6.45, 7) is 0.850. The molecule has 1 aromatic carbocycles. The Morgan fingerprint density at radius 2 is 2.09 bits per heavy atom. The summed E-state index contributed by atoms with van der Waals surface area (Å²) in [6.07, 6.45) is 0.708. The lowest BCUT2D eigenvalue weighted by molar-refractivity contribution is 0.165. The van der Waals surface area contributed by atoms with Crippen molar-refractivity contribution in [2.45, 2.75) is 19.0 Å². The number of benzene rings is 1. The van der Waals surface area contributed by atoms with Gasteiger partial charge in [0.25, 0.3) is 0 Å². The Morgan fingerprint density at radius 1 is 1.30 bits per heavy atom. The lowest BCUT2D eigenvalue weighted by atomic mass is 10.1. The number of urea groups is 1. The number of carbonyl (C=O) groups excluding carboxylic acids is 1. The third-order valence-electron chi connectivity index (χ3n) is 3.22.